The van der Waals surface area contributed by atoms with Crippen molar-refractivity contribution < 1.29 is 18.0 Å². The maximum absolute atomic E-state index is 12.8. The minimum absolute atomic E-state index is 0.0910. The Morgan fingerprint density at radius 2 is 2.00 bits per heavy atom. The van der Waals surface area contributed by atoms with Gasteiger partial charge in [0.1, 0.15) is 0 Å². The Labute approximate surface area is 109 Å². The van der Waals surface area contributed by atoms with E-state index in [4.69, 9.17) is 5.26 Å². The van der Waals surface area contributed by atoms with Crippen LogP contribution in [0.25, 0.3) is 0 Å². The van der Waals surface area contributed by atoms with E-state index in [9.17, 15) is 18.0 Å². The summed E-state index contributed by atoms with van der Waals surface area (Å²) in [5, 5.41) is 8.48. The van der Waals surface area contributed by atoms with Crippen LogP contribution in [-0.2, 0) is 6.18 Å². The first-order chi connectivity index (χ1) is 8.91. The number of carbonyl (C=O) groups excluding carboxylic acids is 1. The molecule has 0 heterocycles. The molecule has 0 unspecified atom stereocenters. The Morgan fingerprint density at radius 1 is 1.37 bits per heavy atom. The highest BCUT2D eigenvalue weighted by Crippen LogP contribution is 2.32. The Kier molecular flexibility index (Phi) is 4.93. The number of alkyl halides is 3. The lowest BCUT2D eigenvalue weighted by Crippen LogP contribution is -2.33. The molecule has 1 aromatic carbocycles. The molecule has 0 N–H and O–H groups in total. The topological polar surface area (TPSA) is 44.1 Å². The average molecular weight is 270 g/mol. The van der Waals surface area contributed by atoms with E-state index in [1.54, 1.807) is 6.92 Å². The molecular weight excluding hydrogens is 257 g/mol. The number of amides is 1. The largest absolute Gasteiger partial charge is 0.417 e. The smallest absolute Gasteiger partial charge is 0.338 e. The first-order valence-corrected chi connectivity index (χ1v) is 5.74. The zero-order valence-electron chi connectivity index (χ0n) is 10.4. The van der Waals surface area contributed by atoms with E-state index in [2.05, 4.69) is 0 Å². The fourth-order valence-electron chi connectivity index (χ4n) is 1.68. The summed E-state index contributed by atoms with van der Waals surface area (Å²) in [4.78, 5) is 13.3. The van der Waals surface area contributed by atoms with Gasteiger partial charge in [0.2, 0.25) is 0 Å². The van der Waals surface area contributed by atoms with Crippen molar-refractivity contribution in [1.82, 2.24) is 4.90 Å². The van der Waals surface area contributed by atoms with Crippen LogP contribution in [0.15, 0.2) is 24.3 Å². The van der Waals surface area contributed by atoms with Gasteiger partial charge in [0.05, 0.1) is 23.6 Å². The second-order valence-electron chi connectivity index (χ2n) is 3.84. The molecule has 0 aliphatic rings. The Balaban J connectivity index is 3.09. The maximum atomic E-state index is 12.8. The van der Waals surface area contributed by atoms with Crippen LogP contribution in [-0.4, -0.2) is 23.9 Å². The Morgan fingerprint density at radius 3 is 2.53 bits per heavy atom. The van der Waals surface area contributed by atoms with Gasteiger partial charge in [0.15, 0.2) is 0 Å². The summed E-state index contributed by atoms with van der Waals surface area (Å²) in [5.41, 5.74) is -1.33. The first kappa shape index (κ1) is 15.0. The number of nitrogens with zero attached hydrogens (tertiary/aromatic N) is 2. The number of hydrogen-bond donors (Lipinski definition) is 0. The van der Waals surface area contributed by atoms with Gasteiger partial charge < -0.3 is 4.90 Å². The fourth-order valence-corrected chi connectivity index (χ4v) is 1.68. The quantitative estimate of drug-likeness (QED) is 0.843. The summed E-state index contributed by atoms with van der Waals surface area (Å²) in [6, 6.07) is 6.53. The third kappa shape index (κ3) is 3.71. The SMILES string of the molecule is CCN(CCC#N)C(=O)c1ccccc1C(F)(F)F. The van der Waals surface area contributed by atoms with Crippen molar-refractivity contribution in [3.05, 3.63) is 35.4 Å². The zero-order valence-corrected chi connectivity index (χ0v) is 10.4. The molecule has 0 saturated heterocycles. The second kappa shape index (κ2) is 6.23. The van der Waals surface area contributed by atoms with Crippen LogP contribution in [0.4, 0.5) is 13.2 Å². The first-order valence-electron chi connectivity index (χ1n) is 5.74. The van der Waals surface area contributed by atoms with E-state index in [1.165, 1.54) is 17.0 Å². The van der Waals surface area contributed by atoms with E-state index >= 15 is 0 Å². The normalized spacial score (nSPS) is 10.9. The van der Waals surface area contributed by atoms with Gasteiger partial charge in [-0.1, -0.05) is 12.1 Å². The molecule has 0 saturated carbocycles. The van der Waals surface area contributed by atoms with Crippen molar-refractivity contribution in [3.8, 4) is 6.07 Å². The van der Waals surface area contributed by atoms with E-state index in [1.807, 2.05) is 6.07 Å². The number of rotatable bonds is 4. The van der Waals surface area contributed by atoms with Crippen LogP contribution in [0.2, 0.25) is 0 Å². The van der Waals surface area contributed by atoms with Crippen LogP contribution >= 0.6 is 0 Å². The van der Waals surface area contributed by atoms with Gasteiger partial charge in [-0.3, -0.25) is 4.79 Å². The minimum Gasteiger partial charge on any atom is -0.338 e. The summed E-state index contributed by atoms with van der Waals surface area (Å²) in [5.74, 6) is -0.703. The molecule has 0 bridgehead atoms. The molecule has 3 nitrogen and oxygen atoms in total. The van der Waals surface area contributed by atoms with E-state index in [0.29, 0.717) is 0 Å². The molecule has 1 amide bonds. The highest BCUT2D eigenvalue weighted by atomic mass is 19.4. The molecular formula is C13H13F3N2O. The molecule has 1 aromatic rings. The second-order valence-corrected chi connectivity index (χ2v) is 3.84. The van der Waals surface area contributed by atoms with Crippen molar-refractivity contribution >= 4 is 5.91 Å². The van der Waals surface area contributed by atoms with E-state index in [0.717, 1.165) is 12.1 Å². The molecule has 0 aromatic heterocycles. The molecule has 19 heavy (non-hydrogen) atoms. The lowest BCUT2D eigenvalue weighted by Gasteiger charge is -2.21. The summed E-state index contributed by atoms with van der Waals surface area (Å²) in [7, 11) is 0. The summed E-state index contributed by atoms with van der Waals surface area (Å²) in [6.07, 6.45) is -4.48. The Hall–Kier alpha value is -2.03. The molecule has 102 valence electrons. The number of hydrogen-bond acceptors (Lipinski definition) is 2. The van der Waals surface area contributed by atoms with Gasteiger partial charge in [0.25, 0.3) is 5.91 Å². The predicted octanol–water partition coefficient (Wildman–Crippen LogP) is 3.08. The summed E-state index contributed by atoms with van der Waals surface area (Å²) < 4.78 is 38.4. The standard InChI is InChI=1S/C13H13F3N2O/c1-2-18(9-5-8-17)12(19)10-6-3-4-7-11(10)13(14,15)16/h3-4,6-7H,2,5,9H2,1H3. The average Bonchev–Trinajstić information content (AvgIpc) is 2.38. The minimum atomic E-state index is -4.57. The van der Waals surface area contributed by atoms with Crippen LogP contribution in [0.5, 0.6) is 0 Å². The van der Waals surface area contributed by atoms with Crippen LogP contribution in [0, 0.1) is 11.3 Å². The van der Waals surface area contributed by atoms with Crippen LogP contribution in [0.1, 0.15) is 29.3 Å². The Bertz CT molecular complexity index is 491. The molecule has 0 atom stereocenters. The molecule has 6 heteroatoms. The summed E-state index contributed by atoms with van der Waals surface area (Å²) in [6.45, 7) is 2.04. The third-order valence-electron chi connectivity index (χ3n) is 2.63. The monoisotopic (exact) mass is 270 g/mol. The molecule has 0 radical (unpaired) electrons. The number of halogens is 3. The van der Waals surface area contributed by atoms with E-state index in [-0.39, 0.29) is 25.1 Å². The highest BCUT2D eigenvalue weighted by Gasteiger charge is 2.35. The number of benzene rings is 1. The lowest BCUT2D eigenvalue weighted by molar-refractivity contribution is -0.138. The summed E-state index contributed by atoms with van der Waals surface area (Å²) >= 11 is 0. The maximum Gasteiger partial charge on any atom is 0.417 e. The molecule has 0 aliphatic carbocycles. The van der Waals surface area contributed by atoms with E-state index < -0.39 is 17.6 Å². The predicted molar refractivity (Wildman–Crippen MR) is 63.3 cm³/mol. The number of carbonyl (C=O) groups is 1. The highest BCUT2D eigenvalue weighted by molar-refractivity contribution is 5.95. The van der Waals surface area contributed by atoms with Crippen molar-refractivity contribution in [1.29, 1.82) is 5.26 Å². The molecule has 1 rings (SSSR count). The van der Waals surface area contributed by atoms with Crippen molar-refractivity contribution in [3.63, 3.8) is 0 Å². The van der Waals surface area contributed by atoms with Crippen molar-refractivity contribution in [2.75, 3.05) is 13.1 Å². The lowest BCUT2D eigenvalue weighted by atomic mass is 10.1. The molecule has 0 fully saturated rings. The van der Waals surface area contributed by atoms with Gasteiger partial charge in [-0.2, -0.15) is 18.4 Å². The number of nitriles is 1. The van der Waals surface area contributed by atoms with Gasteiger partial charge >= 0.3 is 6.18 Å². The molecule has 0 aliphatic heterocycles. The van der Waals surface area contributed by atoms with Crippen molar-refractivity contribution in [2.24, 2.45) is 0 Å². The van der Waals surface area contributed by atoms with Crippen LogP contribution < -0.4 is 0 Å². The van der Waals surface area contributed by atoms with Gasteiger partial charge in [-0.25, -0.2) is 0 Å². The fraction of sp³-hybridized carbons (Fsp3) is 0.385. The van der Waals surface area contributed by atoms with Crippen LogP contribution in [0.3, 0.4) is 0 Å². The van der Waals surface area contributed by atoms with Crippen molar-refractivity contribution in [2.45, 2.75) is 19.5 Å². The zero-order chi connectivity index (χ0) is 14.5. The van der Waals surface area contributed by atoms with Gasteiger partial charge in [-0.15, -0.1) is 0 Å². The van der Waals surface area contributed by atoms with Gasteiger partial charge in [0, 0.05) is 13.1 Å². The third-order valence-corrected chi connectivity index (χ3v) is 2.63. The van der Waals surface area contributed by atoms with Gasteiger partial charge in [-0.05, 0) is 19.1 Å². The molecule has 0 spiro atoms.